The van der Waals surface area contributed by atoms with Crippen molar-refractivity contribution < 1.29 is 4.79 Å². The van der Waals surface area contributed by atoms with Crippen LogP contribution in [0.15, 0.2) is 24.5 Å². The molecular formula is C27H42N8O. The molecule has 0 radical (unpaired) electrons. The second-order valence-corrected chi connectivity index (χ2v) is 10.0. The zero-order valence-corrected chi connectivity index (χ0v) is 21.8. The molecule has 0 aliphatic carbocycles. The number of nitrogens with zero attached hydrogens (tertiary/aromatic N) is 5. The van der Waals surface area contributed by atoms with Gasteiger partial charge in [0.1, 0.15) is 5.82 Å². The highest BCUT2D eigenvalue weighted by atomic mass is 16.1. The van der Waals surface area contributed by atoms with Gasteiger partial charge in [0.25, 0.3) is 0 Å². The predicted octanol–water partition coefficient (Wildman–Crippen LogP) is 3.36. The highest BCUT2D eigenvalue weighted by molar-refractivity contribution is 5.75. The largest absolute Gasteiger partial charge is 0.369 e. The summed E-state index contributed by atoms with van der Waals surface area (Å²) in [6, 6.07) is 4.26. The van der Waals surface area contributed by atoms with Gasteiger partial charge in [-0.25, -0.2) is 4.98 Å². The Balaban J connectivity index is 1.41. The van der Waals surface area contributed by atoms with Gasteiger partial charge in [0.15, 0.2) is 0 Å². The van der Waals surface area contributed by atoms with Gasteiger partial charge in [-0.1, -0.05) is 25.3 Å². The minimum Gasteiger partial charge on any atom is -0.369 e. The van der Waals surface area contributed by atoms with Gasteiger partial charge in [-0.2, -0.15) is 4.98 Å². The van der Waals surface area contributed by atoms with Crippen molar-refractivity contribution in [2.45, 2.75) is 57.9 Å². The second-order valence-electron chi connectivity index (χ2n) is 10.0. The number of likely N-dealkylation sites (N-methyl/N-ethyl adjacent to an activating group) is 1. The fraction of sp³-hybridized carbons (Fsp3) is 0.630. The maximum atomic E-state index is 12.0. The van der Waals surface area contributed by atoms with Crippen molar-refractivity contribution in [1.29, 1.82) is 0 Å². The molecule has 1 saturated heterocycles. The first-order valence-corrected chi connectivity index (χ1v) is 13.6. The highest BCUT2D eigenvalue weighted by Gasteiger charge is 2.15. The number of anilines is 2. The number of rotatable bonds is 3. The summed E-state index contributed by atoms with van der Waals surface area (Å²) >= 11 is 0. The molecule has 0 saturated carbocycles. The van der Waals surface area contributed by atoms with Crippen LogP contribution < -0.4 is 16.0 Å². The third-order valence-electron chi connectivity index (χ3n) is 6.97. The molecule has 3 N–H and O–H groups in total. The number of hydrogen-bond donors (Lipinski definition) is 3. The van der Waals surface area contributed by atoms with Crippen molar-refractivity contribution in [2.24, 2.45) is 0 Å². The van der Waals surface area contributed by atoms with E-state index in [0.29, 0.717) is 12.4 Å². The lowest BCUT2D eigenvalue weighted by Crippen LogP contribution is -2.43. The Labute approximate surface area is 215 Å². The summed E-state index contributed by atoms with van der Waals surface area (Å²) in [5, 5.41) is 9.92. The minimum atomic E-state index is 0.176. The first-order valence-electron chi connectivity index (χ1n) is 13.6. The van der Waals surface area contributed by atoms with Crippen LogP contribution in [0.1, 0.15) is 56.9 Å². The fourth-order valence-electron chi connectivity index (χ4n) is 4.64. The molecular weight excluding hydrogens is 452 g/mol. The number of hydrogen-bond acceptors (Lipinski definition) is 8. The van der Waals surface area contributed by atoms with E-state index in [-0.39, 0.29) is 5.91 Å². The highest BCUT2D eigenvalue weighted by Crippen LogP contribution is 2.26. The summed E-state index contributed by atoms with van der Waals surface area (Å²) in [7, 11) is 2.18. The second kappa shape index (κ2) is 14.1. The Bertz CT molecular complexity index is 943. The number of carbonyl (C=O) groups is 1. The van der Waals surface area contributed by atoms with Crippen LogP contribution in [0, 0.1) is 0 Å². The molecule has 4 rings (SSSR count). The van der Waals surface area contributed by atoms with Crippen molar-refractivity contribution >= 4 is 17.7 Å². The van der Waals surface area contributed by atoms with Gasteiger partial charge in [-0.15, -0.1) is 0 Å². The van der Waals surface area contributed by atoms with E-state index in [4.69, 9.17) is 9.97 Å². The van der Waals surface area contributed by atoms with Crippen LogP contribution in [0.4, 0.5) is 11.8 Å². The molecule has 9 heteroatoms. The standard InChI is InChI=1S/C27H42N8O/c1-34-15-17-35(18-16-34)21-22-10-11-24(31-19-22)23-20-32-27-30-14-7-3-2-6-12-28-25(36)9-5-4-8-13-29-26(23)33-27/h10-11,19-20H,2-9,12-18,21H2,1H3,(H,28,36)(H2,29,30,32,33). The smallest absolute Gasteiger partial charge is 0.224 e. The molecule has 2 aliphatic rings. The molecule has 2 aliphatic heterocycles. The Morgan fingerprint density at radius 1 is 0.806 bits per heavy atom. The molecule has 36 heavy (non-hydrogen) atoms. The number of piperazine rings is 1. The number of aromatic nitrogens is 3. The van der Waals surface area contributed by atoms with Crippen molar-refractivity contribution in [2.75, 3.05) is 63.5 Å². The Hall–Kier alpha value is -2.78. The third-order valence-corrected chi connectivity index (χ3v) is 6.97. The molecule has 2 aromatic heterocycles. The van der Waals surface area contributed by atoms with E-state index in [0.717, 1.165) is 114 Å². The molecule has 196 valence electrons. The van der Waals surface area contributed by atoms with Crippen LogP contribution in [0.5, 0.6) is 0 Å². The van der Waals surface area contributed by atoms with E-state index in [2.05, 4.69) is 49.9 Å². The Morgan fingerprint density at radius 2 is 1.53 bits per heavy atom. The fourth-order valence-corrected chi connectivity index (χ4v) is 4.64. The van der Waals surface area contributed by atoms with Crippen molar-refractivity contribution in [1.82, 2.24) is 30.1 Å². The molecule has 0 aromatic carbocycles. The average molecular weight is 495 g/mol. The first-order chi connectivity index (χ1) is 17.7. The van der Waals surface area contributed by atoms with Crippen LogP contribution in [0.25, 0.3) is 11.3 Å². The predicted molar refractivity (Wildman–Crippen MR) is 145 cm³/mol. The van der Waals surface area contributed by atoms with Crippen molar-refractivity contribution in [3.8, 4) is 11.3 Å². The normalized spacial score (nSPS) is 19.9. The summed E-state index contributed by atoms with van der Waals surface area (Å²) in [6.07, 6.45) is 11.7. The molecule has 0 spiro atoms. The van der Waals surface area contributed by atoms with E-state index in [1.807, 2.05) is 12.4 Å². The molecule has 9 nitrogen and oxygen atoms in total. The number of pyridine rings is 1. The van der Waals surface area contributed by atoms with Gasteiger partial charge in [-0.05, 0) is 44.4 Å². The average Bonchev–Trinajstić information content (AvgIpc) is 2.89. The summed E-state index contributed by atoms with van der Waals surface area (Å²) in [4.78, 5) is 31.0. The zero-order chi connectivity index (χ0) is 25.0. The SMILES string of the molecule is CN1CCN(Cc2ccc(-c3cnc4nc3NCCCCCC(=O)NCCCCCCN4)nc2)CC1. The maximum Gasteiger partial charge on any atom is 0.224 e. The topological polar surface area (TPSA) is 98.3 Å². The van der Waals surface area contributed by atoms with E-state index in [9.17, 15) is 4.79 Å². The van der Waals surface area contributed by atoms with Crippen LogP contribution in [0.3, 0.4) is 0 Å². The Morgan fingerprint density at radius 3 is 2.28 bits per heavy atom. The minimum absolute atomic E-state index is 0.176. The zero-order valence-electron chi connectivity index (χ0n) is 21.8. The molecule has 0 atom stereocenters. The molecule has 2 bridgehead atoms. The molecule has 0 unspecified atom stereocenters. The Kier molecular flexibility index (Phi) is 10.3. The summed E-state index contributed by atoms with van der Waals surface area (Å²) < 4.78 is 0. The van der Waals surface area contributed by atoms with Crippen LogP contribution in [0.2, 0.25) is 0 Å². The van der Waals surface area contributed by atoms with Gasteiger partial charge in [-0.3, -0.25) is 14.7 Å². The van der Waals surface area contributed by atoms with Crippen LogP contribution >= 0.6 is 0 Å². The molecule has 2 aromatic rings. The van der Waals surface area contributed by atoms with Gasteiger partial charge in [0.2, 0.25) is 11.9 Å². The van der Waals surface area contributed by atoms with Gasteiger partial charge in [0, 0.05) is 71.2 Å². The number of nitrogens with one attached hydrogen (secondary N) is 3. The monoisotopic (exact) mass is 494 g/mol. The van der Waals surface area contributed by atoms with E-state index in [1.165, 1.54) is 5.56 Å². The summed E-state index contributed by atoms with van der Waals surface area (Å²) in [5.74, 6) is 1.64. The van der Waals surface area contributed by atoms with Crippen molar-refractivity contribution in [3.05, 3.63) is 30.1 Å². The van der Waals surface area contributed by atoms with Crippen LogP contribution in [-0.2, 0) is 11.3 Å². The summed E-state index contributed by atoms with van der Waals surface area (Å²) in [5.41, 5.74) is 3.03. The van der Waals surface area contributed by atoms with Gasteiger partial charge < -0.3 is 20.9 Å². The molecule has 4 heterocycles. The van der Waals surface area contributed by atoms with E-state index < -0.39 is 0 Å². The molecule has 1 amide bonds. The maximum absolute atomic E-state index is 12.0. The first kappa shape index (κ1) is 26.3. The number of carbonyl (C=O) groups excluding carboxylic acids is 1. The lowest BCUT2D eigenvalue weighted by atomic mass is 10.1. The van der Waals surface area contributed by atoms with Crippen LogP contribution in [-0.4, -0.2) is 83.5 Å². The van der Waals surface area contributed by atoms with Gasteiger partial charge in [0.05, 0.1) is 11.3 Å². The third kappa shape index (κ3) is 8.41. The summed E-state index contributed by atoms with van der Waals surface area (Å²) in [6.45, 7) is 7.78. The lowest BCUT2D eigenvalue weighted by molar-refractivity contribution is -0.121. The van der Waals surface area contributed by atoms with Crippen molar-refractivity contribution in [3.63, 3.8) is 0 Å². The van der Waals surface area contributed by atoms with E-state index in [1.54, 1.807) is 0 Å². The number of fused-ring (bicyclic) bond motifs is 2. The quantitative estimate of drug-likeness (QED) is 0.598. The lowest BCUT2D eigenvalue weighted by Gasteiger charge is -2.32. The van der Waals surface area contributed by atoms with E-state index >= 15 is 0 Å². The molecule has 1 fully saturated rings. The van der Waals surface area contributed by atoms with Gasteiger partial charge >= 0.3 is 0 Å². The number of amides is 1.